The molecule has 1 amide bonds. The van der Waals surface area contributed by atoms with E-state index in [1.165, 1.54) is 0 Å². The number of primary amides is 1. The molecule has 0 radical (unpaired) electrons. The van der Waals surface area contributed by atoms with Crippen molar-refractivity contribution in [3.05, 3.63) is 35.4 Å². The molecule has 98 valence electrons. The Morgan fingerprint density at radius 1 is 1.56 bits per heavy atom. The van der Waals surface area contributed by atoms with Crippen LogP contribution in [-0.4, -0.2) is 25.2 Å². The van der Waals surface area contributed by atoms with Crippen molar-refractivity contribution in [2.24, 2.45) is 5.73 Å². The van der Waals surface area contributed by atoms with Crippen LogP contribution in [-0.2, 0) is 9.53 Å². The van der Waals surface area contributed by atoms with Gasteiger partial charge in [0, 0.05) is 13.2 Å². The van der Waals surface area contributed by atoms with Gasteiger partial charge >= 0.3 is 0 Å². The van der Waals surface area contributed by atoms with E-state index in [1.807, 2.05) is 31.2 Å². The summed E-state index contributed by atoms with van der Waals surface area (Å²) < 4.78 is 5.53. The van der Waals surface area contributed by atoms with Crippen molar-refractivity contribution in [3.8, 4) is 0 Å². The topological polar surface area (TPSA) is 64.3 Å². The van der Waals surface area contributed by atoms with E-state index >= 15 is 0 Å². The van der Waals surface area contributed by atoms with E-state index in [0.717, 1.165) is 30.6 Å². The molecule has 4 heteroatoms. The lowest BCUT2D eigenvalue weighted by atomic mass is 10.0. The summed E-state index contributed by atoms with van der Waals surface area (Å²) in [5, 5.41) is 3.22. The summed E-state index contributed by atoms with van der Waals surface area (Å²) in [4.78, 5) is 11.6. The number of nitrogens with two attached hydrogens (primary N) is 1. The van der Waals surface area contributed by atoms with E-state index in [9.17, 15) is 4.79 Å². The summed E-state index contributed by atoms with van der Waals surface area (Å²) in [6.07, 6.45) is 2.35. The van der Waals surface area contributed by atoms with Crippen LogP contribution in [0.2, 0.25) is 0 Å². The Labute approximate surface area is 108 Å². The molecule has 1 aliphatic heterocycles. The number of carbonyl (C=O) groups excluding carboxylic acids is 1. The van der Waals surface area contributed by atoms with Gasteiger partial charge < -0.3 is 10.5 Å². The van der Waals surface area contributed by atoms with Crippen molar-refractivity contribution in [1.29, 1.82) is 0 Å². The molecular formula is C14H20N2O2. The Bertz CT molecular complexity index is 414. The van der Waals surface area contributed by atoms with Gasteiger partial charge in [-0.1, -0.05) is 24.3 Å². The first-order valence-electron chi connectivity index (χ1n) is 6.38. The molecule has 1 saturated heterocycles. The van der Waals surface area contributed by atoms with Crippen LogP contribution < -0.4 is 11.1 Å². The fourth-order valence-electron chi connectivity index (χ4n) is 2.33. The summed E-state index contributed by atoms with van der Waals surface area (Å²) in [7, 11) is 0. The third-order valence-electron chi connectivity index (χ3n) is 3.36. The number of rotatable bonds is 5. The molecule has 2 atom stereocenters. The Morgan fingerprint density at radius 2 is 2.33 bits per heavy atom. The van der Waals surface area contributed by atoms with Crippen LogP contribution in [0.4, 0.5) is 0 Å². The second-order valence-electron chi connectivity index (χ2n) is 4.74. The van der Waals surface area contributed by atoms with Crippen LogP contribution in [0.25, 0.3) is 0 Å². The molecule has 1 aromatic rings. The molecule has 1 aromatic carbocycles. The van der Waals surface area contributed by atoms with Crippen molar-refractivity contribution in [2.45, 2.75) is 31.9 Å². The van der Waals surface area contributed by atoms with E-state index in [-0.39, 0.29) is 12.0 Å². The quantitative estimate of drug-likeness (QED) is 0.825. The number of hydrogen-bond donors (Lipinski definition) is 2. The predicted octanol–water partition coefficient (Wildman–Crippen LogP) is 1.29. The molecule has 1 aliphatic rings. The first kappa shape index (κ1) is 13.1. The molecule has 1 heterocycles. The third kappa shape index (κ3) is 3.09. The maximum absolute atomic E-state index is 11.6. The normalized spacial score (nSPS) is 20.8. The summed E-state index contributed by atoms with van der Waals surface area (Å²) in [5.41, 5.74) is 7.50. The number of hydrogen-bond acceptors (Lipinski definition) is 3. The second-order valence-corrected chi connectivity index (χ2v) is 4.74. The Balaban J connectivity index is 2.04. The van der Waals surface area contributed by atoms with Crippen molar-refractivity contribution >= 4 is 5.91 Å². The van der Waals surface area contributed by atoms with Gasteiger partial charge in [-0.05, 0) is 30.9 Å². The number of aryl methyl sites for hydroxylation is 1. The summed E-state index contributed by atoms with van der Waals surface area (Å²) in [6.45, 7) is 3.47. The van der Waals surface area contributed by atoms with Crippen LogP contribution in [0.15, 0.2) is 24.3 Å². The van der Waals surface area contributed by atoms with E-state index in [0.29, 0.717) is 6.54 Å². The standard InChI is InChI=1S/C14H20N2O2/c1-10-5-2-3-7-12(10)13(14(15)17)16-9-11-6-4-8-18-11/h2-3,5,7,11,13,16H,4,6,8-9H2,1H3,(H2,15,17). The van der Waals surface area contributed by atoms with E-state index in [1.54, 1.807) is 0 Å². The highest BCUT2D eigenvalue weighted by Crippen LogP contribution is 2.18. The second kappa shape index (κ2) is 5.98. The molecular weight excluding hydrogens is 228 g/mol. The number of amides is 1. The minimum Gasteiger partial charge on any atom is -0.377 e. The average molecular weight is 248 g/mol. The highest BCUT2D eigenvalue weighted by Gasteiger charge is 2.22. The monoisotopic (exact) mass is 248 g/mol. The highest BCUT2D eigenvalue weighted by atomic mass is 16.5. The molecule has 0 aliphatic carbocycles. The number of ether oxygens (including phenoxy) is 1. The zero-order valence-corrected chi connectivity index (χ0v) is 10.7. The minimum absolute atomic E-state index is 0.205. The molecule has 3 N–H and O–H groups in total. The number of carbonyl (C=O) groups is 1. The number of nitrogens with one attached hydrogen (secondary N) is 1. The predicted molar refractivity (Wildman–Crippen MR) is 70.1 cm³/mol. The first-order chi connectivity index (χ1) is 8.68. The zero-order valence-electron chi connectivity index (χ0n) is 10.7. The van der Waals surface area contributed by atoms with Gasteiger partial charge in [0.2, 0.25) is 5.91 Å². The molecule has 0 saturated carbocycles. The minimum atomic E-state index is -0.435. The lowest BCUT2D eigenvalue weighted by Crippen LogP contribution is -2.38. The molecule has 1 fully saturated rings. The molecule has 0 aromatic heterocycles. The van der Waals surface area contributed by atoms with Crippen LogP contribution >= 0.6 is 0 Å². The average Bonchev–Trinajstić information content (AvgIpc) is 2.84. The van der Waals surface area contributed by atoms with Crippen molar-refractivity contribution in [3.63, 3.8) is 0 Å². The lowest BCUT2D eigenvalue weighted by Gasteiger charge is -2.20. The molecule has 2 unspecified atom stereocenters. The van der Waals surface area contributed by atoms with Gasteiger partial charge in [0.15, 0.2) is 0 Å². The smallest absolute Gasteiger partial charge is 0.239 e. The summed E-state index contributed by atoms with van der Waals surface area (Å²) in [5.74, 6) is -0.345. The van der Waals surface area contributed by atoms with E-state index < -0.39 is 6.04 Å². The van der Waals surface area contributed by atoms with Crippen LogP contribution in [0.5, 0.6) is 0 Å². The fourth-order valence-corrected chi connectivity index (χ4v) is 2.33. The SMILES string of the molecule is Cc1ccccc1C(NCC1CCCO1)C(N)=O. The largest absolute Gasteiger partial charge is 0.377 e. The van der Waals surface area contributed by atoms with Crippen LogP contribution in [0.3, 0.4) is 0 Å². The first-order valence-corrected chi connectivity index (χ1v) is 6.38. The Kier molecular flexibility index (Phi) is 4.33. The van der Waals surface area contributed by atoms with Crippen molar-refractivity contribution in [2.75, 3.05) is 13.2 Å². The van der Waals surface area contributed by atoms with Crippen molar-refractivity contribution in [1.82, 2.24) is 5.32 Å². The Morgan fingerprint density at radius 3 is 2.94 bits per heavy atom. The zero-order chi connectivity index (χ0) is 13.0. The molecule has 2 rings (SSSR count). The molecule has 0 spiro atoms. The van der Waals surface area contributed by atoms with E-state index in [2.05, 4.69) is 5.32 Å². The van der Waals surface area contributed by atoms with E-state index in [4.69, 9.17) is 10.5 Å². The van der Waals surface area contributed by atoms with Crippen LogP contribution in [0.1, 0.15) is 30.0 Å². The number of benzene rings is 1. The maximum Gasteiger partial charge on any atom is 0.239 e. The van der Waals surface area contributed by atoms with Gasteiger partial charge in [-0.3, -0.25) is 10.1 Å². The Hall–Kier alpha value is -1.39. The van der Waals surface area contributed by atoms with Crippen molar-refractivity contribution < 1.29 is 9.53 Å². The molecule has 18 heavy (non-hydrogen) atoms. The van der Waals surface area contributed by atoms with Gasteiger partial charge in [0.1, 0.15) is 6.04 Å². The summed E-state index contributed by atoms with van der Waals surface area (Å²) >= 11 is 0. The molecule has 4 nitrogen and oxygen atoms in total. The van der Waals surface area contributed by atoms with Gasteiger partial charge in [0.05, 0.1) is 6.10 Å². The van der Waals surface area contributed by atoms with Gasteiger partial charge in [0.25, 0.3) is 0 Å². The fraction of sp³-hybridized carbons (Fsp3) is 0.500. The maximum atomic E-state index is 11.6. The molecule has 0 bridgehead atoms. The highest BCUT2D eigenvalue weighted by molar-refractivity contribution is 5.81. The van der Waals surface area contributed by atoms with Gasteiger partial charge in [-0.2, -0.15) is 0 Å². The van der Waals surface area contributed by atoms with Crippen LogP contribution in [0, 0.1) is 6.92 Å². The lowest BCUT2D eigenvalue weighted by molar-refractivity contribution is -0.120. The third-order valence-corrected chi connectivity index (χ3v) is 3.36. The summed E-state index contributed by atoms with van der Waals surface area (Å²) in [6, 6.07) is 7.37. The van der Waals surface area contributed by atoms with Gasteiger partial charge in [-0.25, -0.2) is 0 Å². The van der Waals surface area contributed by atoms with Gasteiger partial charge in [-0.15, -0.1) is 0 Å².